The smallest absolute Gasteiger partial charge is 0.250 e. The number of hydrogen-bond acceptors (Lipinski definition) is 10. The van der Waals surface area contributed by atoms with Gasteiger partial charge >= 0.3 is 0 Å². The van der Waals surface area contributed by atoms with Crippen molar-refractivity contribution in [3.8, 4) is 10.7 Å². The summed E-state index contributed by atoms with van der Waals surface area (Å²) in [7, 11) is 0. The zero-order valence-electron chi connectivity index (χ0n) is 31.7. The number of anilines is 1. The Labute approximate surface area is 328 Å². The summed E-state index contributed by atoms with van der Waals surface area (Å²) in [5, 5.41) is 21.4. The quantitative estimate of drug-likeness (QED) is 0.126. The number of amides is 2. The van der Waals surface area contributed by atoms with Crippen molar-refractivity contribution >= 4 is 51.9 Å². The van der Waals surface area contributed by atoms with Crippen molar-refractivity contribution in [1.82, 2.24) is 29.9 Å². The molecule has 0 radical (unpaired) electrons. The zero-order chi connectivity index (χ0) is 39.2. The Morgan fingerprint density at radius 1 is 1.02 bits per heavy atom. The van der Waals surface area contributed by atoms with Gasteiger partial charge in [-0.15, -0.1) is 21.5 Å². The van der Waals surface area contributed by atoms with Gasteiger partial charge < -0.3 is 21.1 Å². The lowest BCUT2D eigenvalue weighted by Crippen LogP contribution is -2.29. The Bertz CT molecular complexity index is 2360. The molecule has 286 valence electrons. The van der Waals surface area contributed by atoms with Gasteiger partial charge in [-0.25, -0.2) is 4.68 Å². The standard InChI is InChI=1S/C40H44ClN9O4S/c1-21-23(3)55-39-34(21)36(25-7-9-26(41)10-8-25)45-30(38-47-46-24(4)49(38)39)18-33(52)44-14-16-54-15-13-43-29-17-27(11-12-28(29)37(42)53)50-31-19-40(5,6)20-32(51)35(31)22(2)48-50/h7-12,17,30,43H,13-16,18-20H2,1-6H3,(H2,42,53)(H,44,52)/t30-/m0/s1. The fraction of sp³-hybridized carbons (Fsp3) is 0.375. The summed E-state index contributed by atoms with van der Waals surface area (Å²) in [6.07, 6.45) is 1.25. The molecule has 1 aliphatic carbocycles. The van der Waals surface area contributed by atoms with Crippen LogP contribution in [0.25, 0.3) is 10.7 Å². The number of rotatable bonds is 12. The number of nitrogens with one attached hydrogen (secondary N) is 2. The van der Waals surface area contributed by atoms with E-state index in [1.807, 2.05) is 48.7 Å². The van der Waals surface area contributed by atoms with Gasteiger partial charge in [0.15, 0.2) is 11.6 Å². The summed E-state index contributed by atoms with van der Waals surface area (Å²) in [5.41, 5.74) is 13.2. The van der Waals surface area contributed by atoms with Crippen LogP contribution >= 0.6 is 22.9 Å². The minimum Gasteiger partial charge on any atom is -0.382 e. The van der Waals surface area contributed by atoms with Crippen molar-refractivity contribution < 1.29 is 19.1 Å². The number of fused-ring (bicyclic) bond motifs is 4. The molecule has 1 atom stereocenters. The maximum Gasteiger partial charge on any atom is 0.250 e. The van der Waals surface area contributed by atoms with Crippen LogP contribution in [0.3, 0.4) is 0 Å². The summed E-state index contributed by atoms with van der Waals surface area (Å²) < 4.78 is 9.65. The van der Waals surface area contributed by atoms with E-state index in [4.69, 9.17) is 32.2 Å². The number of halogens is 1. The van der Waals surface area contributed by atoms with Gasteiger partial charge in [0.05, 0.1) is 53.5 Å². The van der Waals surface area contributed by atoms with Crippen LogP contribution in [0.15, 0.2) is 47.5 Å². The minimum atomic E-state index is -0.574. The molecule has 2 aliphatic rings. The number of carbonyl (C=O) groups is 3. The summed E-state index contributed by atoms with van der Waals surface area (Å²) >= 11 is 7.89. The van der Waals surface area contributed by atoms with Crippen molar-refractivity contribution in [3.63, 3.8) is 0 Å². The van der Waals surface area contributed by atoms with Crippen LogP contribution in [0.1, 0.15) is 98.1 Å². The van der Waals surface area contributed by atoms with Crippen LogP contribution in [0, 0.1) is 33.1 Å². The van der Waals surface area contributed by atoms with Gasteiger partial charge in [0.1, 0.15) is 16.9 Å². The molecule has 0 unspecified atom stereocenters. The first-order valence-corrected chi connectivity index (χ1v) is 19.4. The number of ether oxygens (including phenoxy) is 1. The first-order chi connectivity index (χ1) is 26.2. The molecule has 0 spiro atoms. The molecule has 2 aromatic carbocycles. The minimum absolute atomic E-state index is 0.0701. The second kappa shape index (κ2) is 15.2. The topological polar surface area (TPSA) is 171 Å². The summed E-state index contributed by atoms with van der Waals surface area (Å²) in [6.45, 7) is 13.3. The molecule has 0 saturated heterocycles. The Kier molecular flexibility index (Phi) is 10.5. The van der Waals surface area contributed by atoms with Crippen LogP contribution in [-0.4, -0.2) is 74.2 Å². The first-order valence-electron chi connectivity index (χ1n) is 18.2. The van der Waals surface area contributed by atoms with Crippen molar-refractivity contribution in [3.05, 3.63) is 103 Å². The Morgan fingerprint density at radius 2 is 1.76 bits per heavy atom. The number of nitrogens with two attached hydrogens (primary N) is 1. The SMILES string of the molecule is Cc1nn(-c2ccc(C(N)=O)c(NCCOCCNC(=O)C[C@@H]3N=C(c4ccc(Cl)cc4)c4c(sc(C)c4C)-n4c(C)nnc43)c2)c2c1C(=O)CC(C)(C)C2. The van der Waals surface area contributed by atoms with Crippen molar-refractivity contribution in [1.29, 1.82) is 0 Å². The molecule has 5 aromatic rings. The van der Waals surface area contributed by atoms with Crippen LogP contribution in [0.4, 0.5) is 5.69 Å². The van der Waals surface area contributed by atoms with Crippen molar-refractivity contribution in [2.45, 2.75) is 66.8 Å². The second-order valence-corrected chi connectivity index (χ2v) is 16.5. The highest BCUT2D eigenvalue weighted by atomic mass is 35.5. The van der Waals surface area contributed by atoms with E-state index in [1.54, 1.807) is 28.2 Å². The Hall–Kier alpha value is -5.18. The highest BCUT2D eigenvalue weighted by molar-refractivity contribution is 7.15. The van der Waals surface area contributed by atoms with Crippen LogP contribution < -0.4 is 16.4 Å². The molecule has 55 heavy (non-hydrogen) atoms. The van der Waals surface area contributed by atoms with E-state index in [-0.39, 0.29) is 36.7 Å². The van der Waals surface area contributed by atoms with E-state index in [2.05, 4.69) is 48.5 Å². The van der Waals surface area contributed by atoms with E-state index >= 15 is 0 Å². The second-order valence-electron chi connectivity index (χ2n) is 14.9. The lowest BCUT2D eigenvalue weighted by Gasteiger charge is -2.29. The molecule has 3 aromatic heterocycles. The molecule has 0 saturated carbocycles. The normalized spacial score (nSPS) is 15.8. The van der Waals surface area contributed by atoms with Crippen molar-refractivity contribution in [2.75, 3.05) is 31.6 Å². The van der Waals surface area contributed by atoms with Gasteiger partial charge in [-0.05, 0) is 75.4 Å². The third-order valence-electron chi connectivity index (χ3n) is 10.1. The predicted octanol–water partition coefficient (Wildman–Crippen LogP) is 6.18. The number of hydrogen-bond donors (Lipinski definition) is 3. The first kappa shape index (κ1) is 38.1. The predicted molar refractivity (Wildman–Crippen MR) is 213 cm³/mol. The molecule has 4 N–H and O–H groups in total. The van der Waals surface area contributed by atoms with Crippen LogP contribution in [0.2, 0.25) is 5.02 Å². The van der Waals surface area contributed by atoms with Gasteiger partial charge in [-0.2, -0.15) is 5.10 Å². The number of aliphatic imine (C=N–C) groups is 1. The number of aryl methyl sites for hydroxylation is 3. The summed E-state index contributed by atoms with van der Waals surface area (Å²) in [6, 6.07) is 12.3. The van der Waals surface area contributed by atoms with Crippen LogP contribution in [0.5, 0.6) is 0 Å². The third-order valence-corrected chi connectivity index (χ3v) is 11.5. The monoisotopic (exact) mass is 781 g/mol. The van der Waals surface area contributed by atoms with Gasteiger partial charge in [-0.1, -0.05) is 37.6 Å². The number of thiophene rings is 1. The number of benzene rings is 2. The molecule has 4 heterocycles. The molecule has 1 aliphatic heterocycles. The average molecular weight is 782 g/mol. The average Bonchev–Trinajstić information content (AvgIpc) is 3.74. The maximum atomic E-state index is 13.3. The number of nitrogens with zero attached hydrogens (tertiary/aromatic N) is 6. The number of primary amides is 1. The van der Waals surface area contributed by atoms with Gasteiger partial charge in [0, 0.05) is 46.2 Å². The number of ketones is 1. The van der Waals surface area contributed by atoms with E-state index in [0.29, 0.717) is 59.3 Å². The fourth-order valence-electron chi connectivity index (χ4n) is 7.38. The maximum absolute atomic E-state index is 13.3. The number of aromatic nitrogens is 5. The molecule has 0 bridgehead atoms. The lowest BCUT2D eigenvalue weighted by atomic mass is 9.75. The zero-order valence-corrected chi connectivity index (χ0v) is 33.3. The van der Waals surface area contributed by atoms with Crippen LogP contribution in [-0.2, 0) is 16.0 Å². The van der Waals surface area contributed by atoms with Crippen molar-refractivity contribution in [2.24, 2.45) is 16.1 Å². The Balaban J connectivity index is 0.977. The summed E-state index contributed by atoms with van der Waals surface area (Å²) in [5.74, 6) is 0.669. The van der Waals surface area contributed by atoms with E-state index in [0.717, 1.165) is 44.6 Å². The largest absolute Gasteiger partial charge is 0.382 e. The molecule has 13 nitrogen and oxygen atoms in total. The highest BCUT2D eigenvalue weighted by Crippen LogP contribution is 2.40. The van der Waals surface area contributed by atoms with Gasteiger partial charge in [-0.3, -0.25) is 23.9 Å². The van der Waals surface area contributed by atoms with Gasteiger partial charge in [0.25, 0.3) is 5.91 Å². The number of Topliss-reactive ketones (excluding diaryl/α,β-unsaturated/α-hetero) is 1. The molecular weight excluding hydrogens is 738 g/mol. The molecule has 7 rings (SSSR count). The molecule has 2 amide bonds. The third kappa shape index (κ3) is 7.58. The van der Waals surface area contributed by atoms with E-state index in [1.165, 1.54) is 4.88 Å². The molecule has 15 heteroatoms. The highest BCUT2D eigenvalue weighted by Gasteiger charge is 2.36. The van der Waals surface area contributed by atoms with E-state index in [9.17, 15) is 14.4 Å². The molecular formula is C40H44ClN9O4S. The fourth-order valence-corrected chi connectivity index (χ4v) is 8.72. The lowest BCUT2D eigenvalue weighted by molar-refractivity contribution is -0.121. The Morgan fingerprint density at radius 3 is 2.51 bits per heavy atom. The van der Waals surface area contributed by atoms with E-state index < -0.39 is 11.9 Å². The summed E-state index contributed by atoms with van der Waals surface area (Å²) in [4.78, 5) is 44.9. The van der Waals surface area contributed by atoms with Gasteiger partial charge in [0.2, 0.25) is 5.91 Å². The molecule has 0 fully saturated rings. The number of carbonyl (C=O) groups excluding carboxylic acids is 3.